The van der Waals surface area contributed by atoms with Crippen molar-refractivity contribution in [3.8, 4) is 0 Å². The Kier molecular flexibility index (Phi) is 6.22. The minimum Gasteiger partial charge on any atom is -0.324 e. The van der Waals surface area contributed by atoms with Crippen LogP contribution in [0.25, 0.3) is 0 Å². The average Bonchev–Trinajstić information content (AvgIpc) is 2.87. The van der Waals surface area contributed by atoms with Crippen LogP contribution in [0.15, 0.2) is 39.7 Å². The fraction of sp³-hybridized carbons (Fsp3) is 0.263. The number of aryl methyl sites for hydroxylation is 3. The summed E-state index contributed by atoms with van der Waals surface area (Å²) in [4.78, 5) is 20.5. The van der Waals surface area contributed by atoms with Crippen molar-refractivity contribution in [1.29, 1.82) is 0 Å². The molecular formula is C19H21BrN6O3S. The molecule has 0 unspecified atom stereocenters. The Morgan fingerprint density at radius 1 is 1.07 bits per heavy atom. The van der Waals surface area contributed by atoms with Crippen molar-refractivity contribution in [1.82, 2.24) is 19.7 Å². The van der Waals surface area contributed by atoms with E-state index in [1.165, 1.54) is 24.3 Å². The summed E-state index contributed by atoms with van der Waals surface area (Å²) in [6, 6.07) is 7.60. The number of nitrogens with one attached hydrogen (secondary N) is 2. The lowest BCUT2D eigenvalue weighted by Crippen LogP contribution is -2.20. The maximum atomic E-state index is 12.6. The number of hydrogen-bond donors (Lipinski definition) is 2. The number of carbonyl (C=O) groups excluding carboxylic acids is 1. The van der Waals surface area contributed by atoms with Crippen LogP contribution in [0, 0.1) is 27.7 Å². The molecule has 2 aromatic heterocycles. The van der Waals surface area contributed by atoms with Crippen molar-refractivity contribution in [2.24, 2.45) is 0 Å². The van der Waals surface area contributed by atoms with Crippen molar-refractivity contribution < 1.29 is 13.2 Å². The van der Waals surface area contributed by atoms with Crippen molar-refractivity contribution in [3.05, 3.63) is 57.6 Å². The summed E-state index contributed by atoms with van der Waals surface area (Å²) in [6.45, 7) is 7.28. The van der Waals surface area contributed by atoms with Crippen LogP contribution >= 0.6 is 15.9 Å². The van der Waals surface area contributed by atoms with Crippen LogP contribution < -0.4 is 10.0 Å². The third-order valence-electron chi connectivity index (χ3n) is 4.24. The first-order valence-corrected chi connectivity index (χ1v) is 11.3. The minimum atomic E-state index is -3.86. The third kappa shape index (κ3) is 5.03. The Balaban J connectivity index is 1.69. The van der Waals surface area contributed by atoms with Gasteiger partial charge in [0.25, 0.3) is 10.0 Å². The highest BCUT2D eigenvalue weighted by atomic mass is 79.9. The Labute approximate surface area is 183 Å². The van der Waals surface area contributed by atoms with E-state index in [4.69, 9.17) is 0 Å². The highest BCUT2D eigenvalue weighted by Crippen LogP contribution is 2.20. The number of hydrogen-bond acceptors (Lipinski definition) is 6. The molecule has 0 atom stereocenters. The number of sulfonamides is 1. The smallest absolute Gasteiger partial charge is 0.264 e. The van der Waals surface area contributed by atoms with Crippen LogP contribution in [0.1, 0.15) is 22.8 Å². The third-order valence-corrected chi connectivity index (χ3v) is 6.73. The molecule has 0 aliphatic rings. The molecular weight excluding hydrogens is 472 g/mol. The van der Waals surface area contributed by atoms with Crippen molar-refractivity contribution in [2.45, 2.75) is 39.1 Å². The molecule has 3 rings (SSSR count). The fourth-order valence-corrected chi connectivity index (χ4v) is 4.06. The molecule has 0 saturated heterocycles. The Morgan fingerprint density at radius 2 is 1.67 bits per heavy atom. The van der Waals surface area contributed by atoms with E-state index in [0.29, 0.717) is 17.1 Å². The molecule has 2 N–H and O–H groups in total. The molecule has 9 nitrogen and oxygen atoms in total. The maximum Gasteiger partial charge on any atom is 0.264 e. The standard InChI is InChI=1S/C19H21BrN6O3S/c1-11-9-12(2)22-19(21-11)25-30(28,29)16-7-5-15(6-8-16)23-17(27)10-26-14(4)18(20)13(3)24-26/h5-9H,10H2,1-4H3,(H,23,27)(H,21,22,25). The molecule has 2 heterocycles. The zero-order valence-corrected chi connectivity index (χ0v) is 19.3. The van der Waals surface area contributed by atoms with Crippen LogP contribution in [0.5, 0.6) is 0 Å². The van der Waals surface area contributed by atoms with Gasteiger partial charge in [-0.3, -0.25) is 9.48 Å². The number of aromatic nitrogens is 4. The van der Waals surface area contributed by atoms with Crippen LogP contribution in [0.3, 0.4) is 0 Å². The second-order valence-corrected chi connectivity index (χ2v) is 9.27. The van der Waals surface area contributed by atoms with Crippen LogP contribution in [-0.2, 0) is 21.4 Å². The molecule has 158 valence electrons. The average molecular weight is 493 g/mol. The molecule has 11 heteroatoms. The Morgan fingerprint density at radius 3 is 2.20 bits per heavy atom. The van der Waals surface area contributed by atoms with Crippen molar-refractivity contribution in [3.63, 3.8) is 0 Å². The Hall–Kier alpha value is -2.79. The molecule has 0 spiro atoms. The first kappa shape index (κ1) is 21.9. The summed E-state index contributed by atoms with van der Waals surface area (Å²) >= 11 is 3.43. The topological polar surface area (TPSA) is 119 Å². The van der Waals surface area contributed by atoms with Gasteiger partial charge in [0.05, 0.1) is 20.8 Å². The fourth-order valence-electron chi connectivity index (χ4n) is 2.83. The molecule has 1 amide bonds. The quantitative estimate of drug-likeness (QED) is 0.545. The van der Waals surface area contributed by atoms with Gasteiger partial charge in [0.15, 0.2) is 0 Å². The van der Waals surface area contributed by atoms with Gasteiger partial charge in [0.2, 0.25) is 11.9 Å². The van der Waals surface area contributed by atoms with Crippen LogP contribution in [0.2, 0.25) is 0 Å². The number of rotatable bonds is 6. The van der Waals surface area contributed by atoms with E-state index >= 15 is 0 Å². The van der Waals surface area contributed by atoms with Gasteiger partial charge < -0.3 is 5.32 Å². The molecule has 0 radical (unpaired) electrons. The van der Waals surface area contributed by atoms with E-state index in [2.05, 4.69) is 41.0 Å². The monoisotopic (exact) mass is 492 g/mol. The van der Waals surface area contributed by atoms with E-state index in [1.807, 2.05) is 13.8 Å². The molecule has 1 aromatic carbocycles. The minimum absolute atomic E-state index is 0.0147. The summed E-state index contributed by atoms with van der Waals surface area (Å²) in [5, 5.41) is 7.03. The van der Waals surface area contributed by atoms with Gasteiger partial charge in [-0.2, -0.15) is 5.10 Å². The Bertz CT molecular complexity index is 1190. The summed E-state index contributed by atoms with van der Waals surface area (Å²) in [5.74, 6) is -0.258. The molecule has 30 heavy (non-hydrogen) atoms. The van der Waals surface area contributed by atoms with Crippen molar-refractivity contribution in [2.75, 3.05) is 10.0 Å². The summed E-state index contributed by atoms with van der Waals surface area (Å²) < 4.78 is 30.0. The molecule has 0 fully saturated rings. The van der Waals surface area contributed by atoms with Gasteiger partial charge in [0.1, 0.15) is 6.54 Å². The lowest BCUT2D eigenvalue weighted by Gasteiger charge is -2.10. The van der Waals surface area contributed by atoms with E-state index in [1.54, 1.807) is 24.6 Å². The number of carbonyl (C=O) groups is 1. The van der Waals surface area contributed by atoms with Gasteiger partial charge >= 0.3 is 0 Å². The van der Waals surface area contributed by atoms with Crippen LogP contribution in [-0.4, -0.2) is 34.1 Å². The number of benzene rings is 1. The lowest BCUT2D eigenvalue weighted by molar-refractivity contribution is -0.116. The van der Waals surface area contributed by atoms with Gasteiger partial charge in [-0.1, -0.05) is 0 Å². The van der Waals surface area contributed by atoms with E-state index in [-0.39, 0.29) is 23.3 Å². The number of nitrogens with zero attached hydrogens (tertiary/aromatic N) is 4. The highest BCUT2D eigenvalue weighted by molar-refractivity contribution is 9.10. The van der Waals surface area contributed by atoms with E-state index in [0.717, 1.165) is 15.9 Å². The second kappa shape index (κ2) is 8.52. The zero-order valence-electron chi connectivity index (χ0n) is 16.9. The first-order chi connectivity index (χ1) is 14.0. The SMILES string of the molecule is Cc1cc(C)nc(NS(=O)(=O)c2ccc(NC(=O)Cn3nc(C)c(Br)c3C)cc2)n1. The summed E-state index contributed by atoms with van der Waals surface area (Å²) in [7, 11) is -3.86. The number of amides is 1. The molecule has 0 aliphatic heterocycles. The van der Waals surface area contributed by atoms with Gasteiger partial charge in [-0.15, -0.1) is 0 Å². The number of halogens is 1. The van der Waals surface area contributed by atoms with E-state index < -0.39 is 10.0 Å². The predicted molar refractivity (Wildman–Crippen MR) is 117 cm³/mol. The molecule has 0 saturated carbocycles. The van der Waals surface area contributed by atoms with Gasteiger partial charge in [-0.25, -0.2) is 23.1 Å². The normalized spacial score (nSPS) is 11.4. The van der Waals surface area contributed by atoms with Gasteiger partial charge in [-0.05, 0) is 74.0 Å². The second-order valence-electron chi connectivity index (χ2n) is 6.79. The van der Waals surface area contributed by atoms with Crippen molar-refractivity contribution >= 4 is 43.5 Å². The van der Waals surface area contributed by atoms with Crippen LogP contribution in [0.4, 0.5) is 11.6 Å². The van der Waals surface area contributed by atoms with Gasteiger partial charge in [0, 0.05) is 17.1 Å². The highest BCUT2D eigenvalue weighted by Gasteiger charge is 2.17. The largest absolute Gasteiger partial charge is 0.324 e. The summed E-state index contributed by atoms with van der Waals surface area (Å²) in [5.41, 5.74) is 3.45. The molecule has 3 aromatic rings. The molecule has 0 aliphatic carbocycles. The number of anilines is 2. The maximum absolute atomic E-state index is 12.6. The zero-order chi connectivity index (χ0) is 22.1. The lowest BCUT2D eigenvalue weighted by atomic mass is 10.3. The summed E-state index contributed by atoms with van der Waals surface area (Å²) in [6.07, 6.45) is 0. The first-order valence-electron chi connectivity index (χ1n) is 8.99. The van der Waals surface area contributed by atoms with E-state index in [9.17, 15) is 13.2 Å². The molecule has 0 bridgehead atoms. The predicted octanol–water partition coefficient (Wildman–Crippen LogP) is 3.11.